The number of nitrogens with zero attached hydrogens (tertiary/aromatic N) is 4. The molecule has 1 aromatic carbocycles. The summed E-state index contributed by atoms with van der Waals surface area (Å²) >= 11 is 0. The number of halogens is 3. The summed E-state index contributed by atoms with van der Waals surface area (Å²) in [4.78, 5) is 0. The van der Waals surface area contributed by atoms with Crippen LogP contribution in [0, 0.1) is 24.4 Å². The van der Waals surface area contributed by atoms with Crippen molar-refractivity contribution >= 4 is 0 Å². The number of benzene rings is 1. The van der Waals surface area contributed by atoms with E-state index in [0.717, 1.165) is 6.07 Å². The maximum Gasteiger partial charge on any atom is 0.206 e. The molecule has 0 N–H and O–H groups in total. The molecule has 1 heterocycles. The van der Waals surface area contributed by atoms with Gasteiger partial charge in [-0.15, -0.1) is 20.4 Å². The second-order valence-electron chi connectivity index (χ2n) is 3.02. The van der Waals surface area contributed by atoms with Gasteiger partial charge in [0.2, 0.25) is 5.82 Å². The second-order valence-corrected chi connectivity index (χ2v) is 3.02. The lowest BCUT2D eigenvalue weighted by molar-refractivity contribution is 0.496. The summed E-state index contributed by atoms with van der Waals surface area (Å²) in [5.74, 6) is -3.44. The van der Waals surface area contributed by atoms with E-state index in [4.69, 9.17) is 0 Å². The fourth-order valence-corrected chi connectivity index (χ4v) is 1.11. The summed E-state index contributed by atoms with van der Waals surface area (Å²) in [5.41, 5.74) is -0.405. The zero-order valence-corrected chi connectivity index (χ0v) is 8.08. The Morgan fingerprint density at radius 1 is 0.938 bits per heavy atom. The third kappa shape index (κ3) is 1.83. The van der Waals surface area contributed by atoms with Crippen molar-refractivity contribution in [2.75, 3.05) is 0 Å². The van der Waals surface area contributed by atoms with Crippen LogP contribution in [-0.4, -0.2) is 20.4 Å². The molecule has 0 bridgehead atoms. The molecule has 4 nitrogen and oxygen atoms in total. The highest BCUT2D eigenvalue weighted by molar-refractivity contribution is 5.54. The minimum atomic E-state index is -1.31. The summed E-state index contributed by atoms with van der Waals surface area (Å²) < 4.78 is 39.1. The maximum absolute atomic E-state index is 13.3. The van der Waals surface area contributed by atoms with Crippen LogP contribution in [0.5, 0.6) is 0 Å². The van der Waals surface area contributed by atoms with E-state index >= 15 is 0 Å². The van der Waals surface area contributed by atoms with Crippen LogP contribution in [0.2, 0.25) is 0 Å². The molecule has 0 unspecified atom stereocenters. The number of aryl methyl sites for hydroxylation is 1. The molecule has 2 aromatic rings. The summed E-state index contributed by atoms with van der Waals surface area (Å²) in [5, 5.41) is 14.0. The summed E-state index contributed by atoms with van der Waals surface area (Å²) in [6.07, 6.45) is 0. The number of aromatic nitrogens is 4. The van der Waals surface area contributed by atoms with Gasteiger partial charge in [-0.05, 0) is 13.0 Å². The molecule has 1 aromatic heterocycles. The monoisotopic (exact) mass is 226 g/mol. The Kier molecular flexibility index (Phi) is 2.51. The minimum absolute atomic E-state index is 0.262. The molecule has 0 aliphatic heterocycles. The number of hydrogen-bond donors (Lipinski definition) is 0. The average molecular weight is 226 g/mol. The van der Waals surface area contributed by atoms with Crippen LogP contribution < -0.4 is 0 Å². The first-order valence-electron chi connectivity index (χ1n) is 4.27. The summed E-state index contributed by atoms with van der Waals surface area (Å²) in [6, 6.07) is 1.22. The lowest BCUT2D eigenvalue weighted by Crippen LogP contribution is -2.01. The van der Waals surface area contributed by atoms with Crippen molar-refractivity contribution in [3.05, 3.63) is 35.4 Å². The van der Waals surface area contributed by atoms with Gasteiger partial charge in [0.15, 0.2) is 17.5 Å². The van der Waals surface area contributed by atoms with Crippen LogP contribution in [0.3, 0.4) is 0 Å². The van der Waals surface area contributed by atoms with Gasteiger partial charge < -0.3 is 0 Å². The molecule has 0 spiro atoms. The van der Waals surface area contributed by atoms with Crippen molar-refractivity contribution in [3.63, 3.8) is 0 Å². The molecule has 7 heteroatoms. The largest absolute Gasteiger partial charge is 0.207 e. The van der Waals surface area contributed by atoms with E-state index in [2.05, 4.69) is 20.4 Å². The van der Waals surface area contributed by atoms with E-state index in [-0.39, 0.29) is 11.6 Å². The van der Waals surface area contributed by atoms with E-state index in [1.165, 1.54) is 6.92 Å². The Bertz CT molecular complexity index is 527. The molecule has 0 radical (unpaired) electrons. The topological polar surface area (TPSA) is 51.6 Å². The molecular weight excluding hydrogens is 221 g/mol. The first-order chi connectivity index (χ1) is 7.58. The van der Waals surface area contributed by atoms with Gasteiger partial charge in [-0.1, -0.05) is 0 Å². The van der Waals surface area contributed by atoms with Gasteiger partial charge in [-0.2, -0.15) is 0 Å². The van der Waals surface area contributed by atoms with E-state index in [9.17, 15) is 13.2 Å². The molecule has 16 heavy (non-hydrogen) atoms. The Morgan fingerprint density at radius 2 is 1.56 bits per heavy atom. The van der Waals surface area contributed by atoms with Crippen LogP contribution in [0.15, 0.2) is 12.1 Å². The Hall–Kier alpha value is -2.05. The van der Waals surface area contributed by atoms with Gasteiger partial charge in [0, 0.05) is 6.07 Å². The van der Waals surface area contributed by atoms with E-state index in [1.54, 1.807) is 0 Å². The molecule has 0 atom stereocenters. The third-order valence-corrected chi connectivity index (χ3v) is 1.81. The SMILES string of the molecule is Cc1nnc(-c2cc(F)cc(F)c2F)nn1. The van der Waals surface area contributed by atoms with Gasteiger partial charge in [-0.25, -0.2) is 13.2 Å². The van der Waals surface area contributed by atoms with Crippen LogP contribution in [-0.2, 0) is 0 Å². The lowest BCUT2D eigenvalue weighted by Gasteiger charge is -2.01. The van der Waals surface area contributed by atoms with Gasteiger partial charge in [0.05, 0.1) is 5.56 Å². The van der Waals surface area contributed by atoms with E-state index in [0.29, 0.717) is 6.07 Å². The fourth-order valence-electron chi connectivity index (χ4n) is 1.11. The molecule has 82 valence electrons. The first kappa shape index (κ1) is 10.5. The molecule has 0 aliphatic carbocycles. The highest BCUT2D eigenvalue weighted by atomic mass is 19.2. The molecule has 0 saturated heterocycles. The Labute approximate surface area is 88.2 Å². The third-order valence-electron chi connectivity index (χ3n) is 1.81. The molecule has 2 rings (SSSR count). The summed E-state index contributed by atoms with van der Waals surface area (Å²) in [6.45, 7) is 1.53. The highest BCUT2D eigenvalue weighted by Gasteiger charge is 2.15. The molecule has 0 amide bonds. The van der Waals surface area contributed by atoms with Gasteiger partial charge in [-0.3, -0.25) is 0 Å². The Morgan fingerprint density at radius 3 is 2.19 bits per heavy atom. The molecule has 0 saturated carbocycles. The lowest BCUT2D eigenvalue weighted by atomic mass is 10.2. The standard InChI is InChI=1S/C9H5F3N4/c1-4-13-15-9(16-14-4)6-2-5(10)3-7(11)8(6)12/h2-3H,1H3. The van der Waals surface area contributed by atoms with Crippen LogP contribution in [0.4, 0.5) is 13.2 Å². The fraction of sp³-hybridized carbons (Fsp3) is 0.111. The van der Waals surface area contributed by atoms with Crippen LogP contribution in [0.25, 0.3) is 11.4 Å². The maximum atomic E-state index is 13.3. The second kappa shape index (κ2) is 3.84. The quantitative estimate of drug-likeness (QED) is 0.694. The zero-order chi connectivity index (χ0) is 11.7. The van der Waals surface area contributed by atoms with Crippen molar-refractivity contribution < 1.29 is 13.2 Å². The highest BCUT2D eigenvalue weighted by Crippen LogP contribution is 2.21. The summed E-state index contributed by atoms with van der Waals surface area (Å²) in [7, 11) is 0. The van der Waals surface area contributed by atoms with Gasteiger partial charge >= 0.3 is 0 Å². The molecule has 0 fully saturated rings. The minimum Gasteiger partial charge on any atom is -0.207 e. The zero-order valence-electron chi connectivity index (χ0n) is 8.08. The van der Waals surface area contributed by atoms with Crippen molar-refractivity contribution in [2.24, 2.45) is 0 Å². The van der Waals surface area contributed by atoms with Gasteiger partial charge in [0.1, 0.15) is 5.82 Å². The Balaban J connectivity index is 2.59. The number of hydrogen-bond acceptors (Lipinski definition) is 4. The van der Waals surface area contributed by atoms with Crippen LogP contribution in [0.1, 0.15) is 5.82 Å². The van der Waals surface area contributed by atoms with E-state index < -0.39 is 23.0 Å². The van der Waals surface area contributed by atoms with E-state index in [1.807, 2.05) is 0 Å². The first-order valence-corrected chi connectivity index (χ1v) is 4.27. The predicted molar refractivity (Wildman–Crippen MR) is 47.7 cm³/mol. The van der Waals surface area contributed by atoms with Gasteiger partial charge in [0.25, 0.3) is 0 Å². The smallest absolute Gasteiger partial charge is 0.206 e. The van der Waals surface area contributed by atoms with Crippen molar-refractivity contribution in [1.82, 2.24) is 20.4 Å². The average Bonchev–Trinajstić information content (AvgIpc) is 2.25. The van der Waals surface area contributed by atoms with Crippen molar-refractivity contribution in [2.45, 2.75) is 6.92 Å². The normalized spacial score (nSPS) is 10.5. The van der Waals surface area contributed by atoms with Crippen molar-refractivity contribution in [3.8, 4) is 11.4 Å². The molecule has 0 aliphatic rings. The van der Waals surface area contributed by atoms with Crippen molar-refractivity contribution in [1.29, 1.82) is 0 Å². The molecular formula is C9H5F3N4. The predicted octanol–water partition coefficient (Wildman–Crippen LogP) is 1.66. The number of rotatable bonds is 1. The van der Waals surface area contributed by atoms with Crippen LogP contribution >= 0.6 is 0 Å².